The number of ketones is 1. The Morgan fingerprint density at radius 1 is 0.800 bits per heavy atom. The SMILES string of the molecule is O=C1C[C@H]2CCCCC1CN2[C@H]1C[C@@H]2CCC[C@@H](C2)C1. The lowest BCUT2D eigenvalue weighted by Gasteiger charge is -2.50. The molecule has 5 atom stereocenters. The lowest BCUT2D eigenvalue weighted by Crippen LogP contribution is -2.55. The summed E-state index contributed by atoms with van der Waals surface area (Å²) in [5.41, 5.74) is 0. The van der Waals surface area contributed by atoms with E-state index in [0.29, 0.717) is 17.7 Å². The van der Waals surface area contributed by atoms with E-state index in [4.69, 9.17) is 0 Å². The summed E-state index contributed by atoms with van der Waals surface area (Å²) in [4.78, 5) is 15.0. The molecule has 2 heterocycles. The highest BCUT2D eigenvalue weighted by Crippen LogP contribution is 2.43. The fourth-order valence-electron chi connectivity index (χ4n) is 5.73. The second kappa shape index (κ2) is 5.44. The normalized spacial score (nSPS) is 46.0. The van der Waals surface area contributed by atoms with Gasteiger partial charge >= 0.3 is 0 Å². The van der Waals surface area contributed by atoms with Gasteiger partial charge in [-0.2, -0.15) is 0 Å². The molecule has 2 aliphatic heterocycles. The van der Waals surface area contributed by atoms with Gasteiger partial charge in [0.1, 0.15) is 5.78 Å². The van der Waals surface area contributed by atoms with Crippen molar-refractivity contribution in [1.82, 2.24) is 4.90 Å². The van der Waals surface area contributed by atoms with Gasteiger partial charge in [0.05, 0.1) is 0 Å². The molecule has 20 heavy (non-hydrogen) atoms. The van der Waals surface area contributed by atoms with Crippen molar-refractivity contribution in [3.8, 4) is 0 Å². The van der Waals surface area contributed by atoms with E-state index in [2.05, 4.69) is 4.90 Å². The Morgan fingerprint density at radius 2 is 1.55 bits per heavy atom. The summed E-state index contributed by atoms with van der Waals surface area (Å²) in [7, 11) is 0. The number of piperidine rings is 1. The molecule has 0 aromatic rings. The third-order valence-corrected chi connectivity index (χ3v) is 6.70. The quantitative estimate of drug-likeness (QED) is 0.725. The largest absolute Gasteiger partial charge is 0.299 e. The van der Waals surface area contributed by atoms with Gasteiger partial charge in [-0.15, -0.1) is 0 Å². The number of carbonyl (C=O) groups is 1. The second-order valence-corrected chi connectivity index (χ2v) is 8.03. The number of hydrogen-bond donors (Lipinski definition) is 0. The van der Waals surface area contributed by atoms with Crippen molar-refractivity contribution < 1.29 is 4.79 Å². The first-order valence-corrected chi connectivity index (χ1v) is 9.08. The Bertz CT molecular complexity index is 368. The van der Waals surface area contributed by atoms with Crippen LogP contribution in [-0.2, 0) is 4.79 Å². The van der Waals surface area contributed by atoms with Crippen molar-refractivity contribution >= 4 is 5.78 Å². The van der Waals surface area contributed by atoms with E-state index < -0.39 is 0 Å². The van der Waals surface area contributed by atoms with E-state index in [1.165, 1.54) is 64.2 Å². The molecule has 0 amide bonds. The predicted molar refractivity (Wildman–Crippen MR) is 80.5 cm³/mol. The van der Waals surface area contributed by atoms with Crippen molar-refractivity contribution in [3.05, 3.63) is 0 Å². The number of rotatable bonds is 1. The molecule has 3 aliphatic carbocycles. The van der Waals surface area contributed by atoms with E-state index in [1.807, 2.05) is 0 Å². The molecule has 0 spiro atoms. The van der Waals surface area contributed by atoms with Crippen molar-refractivity contribution in [3.63, 3.8) is 0 Å². The van der Waals surface area contributed by atoms with Crippen molar-refractivity contribution in [1.29, 1.82) is 0 Å². The molecule has 1 unspecified atom stereocenters. The highest BCUT2D eigenvalue weighted by Gasteiger charge is 2.42. The molecule has 5 aliphatic rings. The van der Waals surface area contributed by atoms with Crippen LogP contribution in [0.4, 0.5) is 0 Å². The van der Waals surface area contributed by atoms with Gasteiger partial charge in [0.15, 0.2) is 0 Å². The predicted octanol–water partition coefficient (Wildman–Crippen LogP) is 3.79. The topological polar surface area (TPSA) is 20.3 Å². The minimum atomic E-state index is 0.383. The van der Waals surface area contributed by atoms with Crippen LogP contribution in [0.2, 0.25) is 0 Å². The monoisotopic (exact) mass is 275 g/mol. The lowest BCUT2D eigenvalue weighted by atomic mass is 9.69. The van der Waals surface area contributed by atoms with Crippen molar-refractivity contribution in [2.24, 2.45) is 17.8 Å². The summed E-state index contributed by atoms with van der Waals surface area (Å²) in [6, 6.07) is 1.42. The first kappa shape index (κ1) is 13.3. The average Bonchev–Trinajstić information content (AvgIpc) is 2.40. The molecule has 0 aromatic carbocycles. The summed E-state index contributed by atoms with van der Waals surface area (Å²) < 4.78 is 0. The van der Waals surface area contributed by atoms with E-state index in [0.717, 1.165) is 30.8 Å². The van der Waals surface area contributed by atoms with Crippen LogP contribution in [0, 0.1) is 17.8 Å². The van der Waals surface area contributed by atoms with Gasteiger partial charge in [-0.3, -0.25) is 9.69 Å². The Kier molecular flexibility index (Phi) is 3.62. The zero-order chi connectivity index (χ0) is 13.5. The molecule has 4 bridgehead atoms. The molecule has 5 rings (SSSR count). The Balaban J connectivity index is 1.51. The molecule has 5 fully saturated rings. The summed E-state index contributed by atoms with van der Waals surface area (Å²) in [5, 5.41) is 0. The molecular formula is C18H29NO. The van der Waals surface area contributed by atoms with Crippen molar-refractivity contribution in [2.45, 2.75) is 82.7 Å². The van der Waals surface area contributed by atoms with Gasteiger partial charge < -0.3 is 0 Å². The highest BCUT2D eigenvalue weighted by atomic mass is 16.1. The molecule has 2 heteroatoms. The molecule has 2 nitrogen and oxygen atoms in total. The first-order valence-electron chi connectivity index (χ1n) is 9.08. The highest BCUT2D eigenvalue weighted by molar-refractivity contribution is 5.82. The first-order chi connectivity index (χ1) is 9.79. The third-order valence-electron chi connectivity index (χ3n) is 6.70. The number of carbonyl (C=O) groups excluding carboxylic acids is 1. The van der Waals surface area contributed by atoms with E-state index in [1.54, 1.807) is 0 Å². The van der Waals surface area contributed by atoms with Gasteiger partial charge in [0, 0.05) is 31.0 Å². The van der Waals surface area contributed by atoms with E-state index in [-0.39, 0.29) is 0 Å². The van der Waals surface area contributed by atoms with Gasteiger partial charge in [0.2, 0.25) is 0 Å². The Labute approximate surface area is 123 Å². The average molecular weight is 275 g/mol. The number of nitrogens with zero attached hydrogens (tertiary/aromatic N) is 1. The molecule has 0 N–H and O–H groups in total. The fourth-order valence-corrected chi connectivity index (χ4v) is 5.73. The Morgan fingerprint density at radius 3 is 2.35 bits per heavy atom. The molecular weight excluding hydrogens is 246 g/mol. The van der Waals surface area contributed by atoms with Crippen LogP contribution in [0.25, 0.3) is 0 Å². The zero-order valence-electron chi connectivity index (χ0n) is 12.7. The van der Waals surface area contributed by atoms with Crippen LogP contribution >= 0.6 is 0 Å². The second-order valence-electron chi connectivity index (χ2n) is 8.03. The zero-order valence-corrected chi connectivity index (χ0v) is 12.7. The molecule has 0 radical (unpaired) electrons. The molecule has 2 saturated heterocycles. The lowest BCUT2D eigenvalue weighted by molar-refractivity contribution is -0.131. The summed E-state index contributed by atoms with van der Waals surface area (Å²) in [5.74, 6) is 2.98. The van der Waals surface area contributed by atoms with Gasteiger partial charge in [0.25, 0.3) is 0 Å². The summed E-state index contributed by atoms with van der Waals surface area (Å²) in [6.07, 6.45) is 14.8. The Hall–Kier alpha value is -0.370. The van der Waals surface area contributed by atoms with Gasteiger partial charge in [-0.1, -0.05) is 32.1 Å². The van der Waals surface area contributed by atoms with Crippen LogP contribution in [0.15, 0.2) is 0 Å². The summed E-state index contributed by atoms with van der Waals surface area (Å²) in [6.45, 7) is 1.10. The maximum Gasteiger partial charge on any atom is 0.138 e. The minimum absolute atomic E-state index is 0.383. The number of fused-ring (bicyclic) bond motifs is 7. The molecule has 112 valence electrons. The van der Waals surface area contributed by atoms with Crippen LogP contribution in [0.5, 0.6) is 0 Å². The standard InChI is InChI=1S/C18H29NO/c20-18-11-16-7-2-1-6-15(18)12-19(16)17-9-13-4-3-5-14(8-13)10-17/h13-17H,1-12H2/t13-,14+,15?,16-,17+/m1/s1. The van der Waals surface area contributed by atoms with Crippen molar-refractivity contribution in [2.75, 3.05) is 6.54 Å². The van der Waals surface area contributed by atoms with Crippen LogP contribution < -0.4 is 0 Å². The minimum Gasteiger partial charge on any atom is -0.299 e. The van der Waals surface area contributed by atoms with E-state index >= 15 is 0 Å². The number of hydrogen-bond acceptors (Lipinski definition) is 2. The van der Waals surface area contributed by atoms with E-state index in [9.17, 15) is 4.79 Å². The number of Topliss-reactive ketones (excluding diaryl/α,β-unsaturated/α-hetero) is 1. The maximum absolute atomic E-state index is 12.2. The van der Waals surface area contributed by atoms with Gasteiger partial charge in [-0.05, 0) is 43.9 Å². The molecule has 0 aromatic heterocycles. The third kappa shape index (κ3) is 2.45. The summed E-state index contributed by atoms with van der Waals surface area (Å²) >= 11 is 0. The van der Waals surface area contributed by atoms with Gasteiger partial charge in [-0.25, -0.2) is 0 Å². The smallest absolute Gasteiger partial charge is 0.138 e. The maximum atomic E-state index is 12.2. The van der Waals surface area contributed by atoms with Crippen LogP contribution in [0.1, 0.15) is 70.6 Å². The molecule has 3 saturated carbocycles. The fraction of sp³-hybridized carbons (Fsp3) is 0.944. The van der Waals surface area contributed by atoms with Crippen LogP contribution in [-0.4, -0.2) is 29.3 Å². The van der Waals surface area contributed by atoms with Crippen LogP contribution in [0.3, 0.4) is 0 Å².